The summed E-state index contributed by atoms with van der Waals surface area (Å²) in [6, 6.07) is 0. The van der Waals surface area contributed by atoms with E-state index in [1.807, 2.05) is 0 Å². The molecule has 0 rings (SSSR count). The third-order valence-electron chi connectivity index (χ3n) is 16.1. The van der Waals surface area contributed by atoms with Crippen molar-refractivity contribution < 1.29 is 28.6 Å². The van der Waals surface area contributed by atoms with Crippen molar-refractivity contribution >= 4 is 17.9 Å². The molecule has 468 valence electrons. The minimum Gasteiger partial charge on any atom is -0.462 e. The van der Waals surface area contributed by atoms with E-state index < -0.39 is 6.10 Å². The van der Waals surface area contributed by atoms with Crippen LogP contribution in [0.25, 0.3) is 0 Å². The number of ether oxygens (including phenoxy) is 3. The maximum Gasteiger partial charge on any atom is 0.306 e. The lowest BCUT2D eigenvalue weighted by molar-refractivity contribution is -0.167. The van der Waals surface area contributed by atoms with Crippen LogP contribution in [0, 0.1) is 0 Å². The first kappa shape index (κ1) is 77.4. The molecule has 0 N–H and O–H groups in total. The molecule has 0 aromatic heterocycles. The second-order valence-electron chi connectivity index (χ2n) is 24.1. The van der Waals surface area contributed by atoms with Gasteiger partial charge in [0.2, 0.25) is 0 Å². The Morgan fingerprint density at radius 1 is 0.263 bits per heavy atom. The van der Waals surface area contributed by atoms with Crippen LogP contribution in [-0.2, 0) is 28.6 Å². The fourth-order valence-corrected chi connectivity index (χ4v) is 10.8. The minimum absolute atomic E-state index is 0.0682. The van der Waals surface area contributed by atoms with Crippen LogP contribution in [0.5, 0.6) is 0 Å². The summed E-state index contributed by atoms with van der Waals surface area (Å²) in [4.78, 5) is 38.2. The van der Waals surface area contributed by atoms with Gasteiger partial charge in [-0.2, -0.15) is 0 Å². The molecule has 0 saturated carbocycles. The predicted octanol–water partition coefficient (Wildman–Crippen LogP) is 24.5. The normalized spacial score (nSPS) is 12.3. The summed E-state index contributed by atoms with van der Waals surface area (Å²) in [6.45, 7) is 6.56. The molecule has 0 aliphatic rings. The zero-order valence-electron chi connectivity index (χ0n) is 53.9. The summed E-state index contributed by atoms with van der Waals surface area (Å²) >= 11 is 0. The highest BCUT2D eigenvalue weighted by molar-refractivity contribution is 5.71. The van der Waals surface area contributed by atoms with Crippen molar-refractivity contribution in [2.45, 2.75) is 393 Å². The summed E-state index contributed by atoms with van der Waals surface area (Å²) in [5.41, 5.74) is 0. The van der Waals surface area contributed by atoms with Gasteiger partial charge in [-0.15, -0.1) is 0 Å². The summed E-state index contributed by atoms with van der Waals surface area (Å²) in [5, 5.41) is 0. The van der Waals surface area contributed by atoms with Crippen LogP contribution in [0.2, 0.25) is 0 Å². The zero-order valence-corrected chi connectivity index (χ0v) is 53.9. The predicted molar refractivity (Wildman–Crippen MR) is 349 cm³/mol. The van der Waals surface area contributed by atoms with E-state index in [-0.39, 0.29) is 31.1 Å². The molecule has 0 saturated heterocycles. The van der Waals surface area contributed by atoms with Gasteiger partial charge in [-0.1, -0.05) is 358 Å². The van der Waals surface area contributed by atoms with Crippen LogP contribution in [-0.4, -0.2) is 37.2 Å². The molecule has 0 radical (unpaired) electrons. The number of hydrogen-bond donors (Lipinski definition) is 0. The molecule has 0 spiro atoms. The van der Waals surface area contributed by atoms with Crippen molar-refractivity contribution in [2.75, 3.05) is 13.2 Å². The van der Waals surface area contributed by atoms with Gasteiger partial charge in [0.25, 0.3) is 0 Å². The third-order valence-corrected chi connectivity index (χ3v) is 16.1. The first-order chi connectivity index (χ1) is 39.5. The van der Waals surface area contributed by atoms with Crippen molar-refractivity contribution in [3.8, 4) is 0 Å². The summed E-state index contributed by atoms with van der Waals surface area (Å²) in [5.74, 6) is -0.850. The Hall–Kier alpha value is -2.63. The summed E-state index contributed by atoms with van der Waals surface area (Å²) in [7, 11) is 0. The van der Waals surface area contributed by atoms with Gasteiger partial charge in [0, 0.05) is 19.3 Å². The Kier molecular flexibility index (Phi) is 66.6. The number of unbranched alkanes of at least 4 members (excludes halogenated alkanes) is 47. The molecule has 1 unspecified atom stereocenters. The van der Waals surface area contributed by atoms with Crippen molar-refractivity contribution in [2.24, 2.45) is 0 Å². The van der Waals surface area contributed by atoms with E-state index in [9.17, 15) is 14.4 Å². The number of esters is 3. The highest BCUT2D eigenvalue weighted by atomic mass is 16.6. The van der Waals surface area contributed by atoms with Crippen LogP contribution in [0.15, 0.2) is 48.6 Å². The number of allylic oxidation sites excluding steroid dienone is 8. The van der Waals surface area contributed by atoms with Gasteiger partial charge < -0.3 is 14.2 Å². The average Bonchev–Trinajstić information content (AvgIpc) is 3.46. The molecular formula is C74H136O6. The fourth-order valence-electron chi connectivity index (χ4n) is 10.8. The molecule has 0 aromatic carbocycles. The van der Waals surface area contributed by atoms with Crippen LogP contribution < -0.4 is 0 Å². The van der Waals surface area contributed by atoms with Gasteiger partial charge in [-0.3, -0.25) is 14.4 Å². The monoisotopic (exact) mass is 1120 g/mol. The lowest BCUT2D eigenvalue weighted by Gasteiger charge is -2.18. The second kappa shape index (κ2) is 68.9. The number of carbonyl (C=O) groups excluding carboxylic acids is 3. The van der Waals surface area contributed by atoms with E-state index in [0.717, 1.165) is 83.5 Å². The van der Waals surface area contributed by atoms with Gasteiger partial charge in [0.15, 0.2) is 6.10 Å². The molecule has 6 nitrogen and oxygen atoms in total. The third kappa shape index (κ3) is 66.2. The quantitative estimate of drug-likeness (QED) is 0.0261. The topological polar surface area (TPSA) is 78.9 Å². The van der Waals surface area contributed by atoms with Gasteiger partial charge >= 0.3 is 17.9 Å². The van der Waals surface area contributed by atoms with Crippen molar-refractivity contribution in [3.05, 3.63) is 48.6 Å². The Morgan fingerprint density at radius 3 is 0.762 bits per heavy atom. The average molecular weight is 1120 g/mol. The van der Waals surface area contributed by atoms with E-state index in [0.29, 0.717) is 19.3 Å². The van der Waals surface area contributed by atoms with E-state index in [1.165, 1.54) is 263 Å². The number of carbonyl (C=O) groups is 3. The van der Waals surface area contributed by atoms with E-state index in [1.54, 1.807) is 0 Å². The molecule has 0 bridgehead atoms. The maximum atomic E-state index is 12.9. The molecule has 0 aromatic rings. The number of rotatable bonds is 66. The fraction of sp³-hybridized carbons (Fsp3) is 0.851. The van der Waals surface area contributed by atoms with Gasteiger partial charge in [0.05, 0.1) is 0 Å². The van der Waals surface area contributed by atoms with Crippen LogP contribution in [0.3, 0.4) is 0 Å². The SMILES string of the molecule is CC/C=C\C/C=C\C/C=C\C/C=C\CCCCCCCCCCCCCCC(=O)OC(COC(=O)CCCCCCCCCC)COC(=O)CCCCCCCCCCCCCCCCCCCCCCCCCCCCCCC. The first-order valence-corrected chi connectivity index (χ1v) is 35.6. The molecule has 6 heteroatoms. The van der Waals surface area contributed by atoms with E-state index in [2.05, 4.69) is 69.4 Å². The van der Waals surface area contributed by atoms with Crippen LogP contribution >= 0.6 is 0 Å². The Labute approximate surface area is 498 Å². The standard InChI is InChI=1S/C74H136O6/c1-4-7-10-13-16-19-21-23-25-27-29-31-33-35-36-37-38-40-41-43-45-47-49-51-53-55-58-61-64-67-73(76)79-70-71(69-78-72(75)66-63-60-57-18-15-12-9-6-3)80-74(77)68-65-62-59-56-54-52-50-48-46-44-42-39-34-32-30-28-26-24-22-20-17-14-11-8-5-2/h8,11,17,20,24,26,30,32,71H,4-7,9-10,12-16,18-19,21-23,25,27-29,31,33-70H2,1-3H3/b11-8-,20-17-,26-24-,32-30-. The molecular weight excluding hydrogens is 985 g/mol. The molecule has 0 amide bonds. The summed E-state index contributed by atoms with van der Waals surface area (Å²) in [6.07, 6.45) is 87.4. The Morgan fingerprint density at radius 2 is 0.487 bits per heavy atom. The van der Waals surface area contributed by atoms with Gasteiger partial charge in [0.1, 0.15) is 13.2 Å². The lowest BCUT2D eigenvalue weighted by Crippen LogP contribution is -2.30. The maximum absolute atomic E-state index is 12.9. The molecule has 0 aliphatic heterocycles. The molecule has 1 atom stereocenters. The second-order valence-corrected chi connectivity index (χ2v) is 24.1. The molecule has 0 fully saturated rings. The minimum atomic E-state index is -0.770. The van der Waals surface area contributed by atoms with Crippen LogP contribution in [0.1, 0.15) is 387 Å². The van der Waals surface area contributed by atoms with E-state index >= 15 is 0 Å². The van der Waals surface area contributed by atoms with Crippen molar-refractivity contribution in [1.29, 1.82) is 0 Å². The van der Waals surface area contributed by atoms with Gasteiger partial charge in [-0.25, -0.2) is 0 Å². The smallest absolute Gasteiger partial charge is 0.306 e. The molecule has 80 heavy (non-hydrogen) atoms. The number of hydrogen-bond acceptors (Lipinski definition) is 6. The lowest BCUT2D eigenvalue weighted by atomic mass is 10.0. The highest BCUT2D eigenvalue weighted by Crippen LogP contribution is 2.19. The zero-order chi connectivity index (χ0) is 57.8. The first-order valence-electron chi connectivity index (χ1n) is 35.6. The van der Waals surface area contributed by atoms with Crippen LogP contribution in [0.4, 0.5) is 0 Å². The largest absolute Gasteiger partial charge is 0.462 e. The van der Waals surface area contributed by atoms with Crippen molar-refractivity contribution in [1.82, 2.24) is 0 Å². The summed E-state index contributed by atoms with van der Waals surface area (Å²) < 4.78 is 16.9. The Bertz CT molecular complexity index is 1380. The Balaban J connectivity index is 4.05. The van der Waals surface area contributed by atoms with E-state index in [4.69, 9.17) is 14.2 Å². The highest BCUT2D eigenvalue weighted by Gasteiger charge is 2.19. The van der Waals surface area contributed by atoms with Crippen molar-refractivity contribution in [3.63, 3.8) is 0 Å². The molecule has 0 aliphatic carbocycles. The van der Waals surface area contributed by atoms with Gasteiger partial charge in [-0.05, 0) is 57.8 Å². The molecule has 0 heterocycles.